The fourth-order valence-electron chi connectivity index (χ4n) is 6.02. The summed E-state index contributed by atoms with van der Waals surface area (Å²) in [7, 11) is 0. The molecule has 3 atom stereocenters. The van der Waals surface area contributed by atoms with Crippen molar-refractivity contribution in [3.63, 3.8) is 0 Å². The number of fused-ring (bicyclic) bond motifs is 2. The molecule has 4 aromatic rings. The van der Waals surface area contributed by atoms with Crippen LogP contribution in [0.1, 0.15) is 51.7 Å². The van der Waals surface area contributed by atoms with Gasteiger partial charge in [-0.2, -0.15) is 5.26 Å². The quantitative estimate of drug-likeness (QED) is 0.314. The lowest BCUT2D eigenvalue weighted by atomic mass is 9.91. The summed E-state index contributed by atoms with van der Waals surface area (Å²) in [4.78, 5) is 28.5. The molecular formula is C29H27FN6O4S. The molecule has 0 bridgehead atoms. The van der Waals surface area contributed by atoms with Gasteiger partial charge in [-0.25, -0.2) is 24.1 Å². The first kappa shape index (κ1) is 26.0. The standard InChI is InChI=1S/C29H27FN6O4S/c30-21-10-17(12-31)4-5-18(21)16-40-24-3-1-2-22(32-24)29-7-8-35(13-19(29)11-29)15-23-33-26-25(34-27(41-26)28(37)38)36(23)14-20-6-9-39-20/h1-5,10,19-20H,6-9,11,13-16H2,(H,37,38)/t19-,20+,29+/m1/s1. The van der Waals surface area contributed by atoms with E-state index in [9.17, 15) is 14.3 Å². The summed E-state index contributed by atoms with van der Waals surface area (Å²) in [6, 6.07) is 12.1. The van der Waals surface area contributed by atoms with Gasteiger partial charge in [0.1, 0.15) is 18.2 Å². The number of pyridine rings is 1. The summed E-state index contributed by atoms with van der Waals surface area (Å²) in [5.74, 6) is 0.315. The van der Waals surface area contributed by atoms with Gasteiger partial charge in [-0.15, -0.1) is 0 Å². The van der Waals surface area contributed by atoms with Crippen LogP contribution in [-0.2, 0) is 29.8 Å². The van der Waals surface area contributed by atoms with Crippen molar-refractivity contribution in [2.24, 2.45) is 5.92 Å². The molecule has 3 aliphatic rings. The number of benzene rings is 1. The molecule has 1 N–H and O–H groups in total. The van der Waals surface area contributed by atoms with E-state index >= 15 is 0 Å². The molecule has 5 heterocycles. The maximum Gasteiger partial charge on any atom is 0.365 e. The third kappa shape index (κ3) is 4.84. The van der Waals surface area contributed by atoms with E-state index in [2.05, 4.69) is 16.0 Å². The molecule has 10 nitrogen and oxygen atoms in total. The van der Waals surface area contributed by atoms with Crippen LogP contribution >= 0.6 is 11.3 Å². The lowest BCUT2D eigenvalue weighted by Gasteiger charge is -2.32. The Morgan fingerprint density at radius 3 is 2.90 bits per heavy atom. The van der Waals surface area contributed by atoms with E-state index in [1.807, 2.05) is 16.7 Å². The Hall–Kier alpha value is -3.92. The van der Waals surface area contributed by atoms with Gasteiger partial charge in [0.15, 0.2) is 10.5 Å². The maximum absolute atomic E-state index is 14.3. The number of aromatic nitrogens is 4. The minimum atomic E-state index is -1.04. The van der Waals surface area contributed by atoms with Crippen molar-refractivity contribution in [1.82, 2.24) is 24.4 Å². The van der Waals surface area contributed by atoms with E-state index in [0.717, 1.165) is 61.8 Å². The number of thiazole rings is 1. The van der Waals surface area contributed by atoms with Gasteiger partial charge in [0.25, 0.3) is 0 Å². The molecule has 3 aromatic heterocycles. The Morgan fingerprint density at radius 2 is 2.17 bits per heavy atom. The van der Waals surface area contributed by atoms with Crippen LogP contribution in [0.15, 0.2) is 36.4 Å². The molecule has 41 heavy (non-hydrogen) atoms. The minimum absolute atomic E-state index is 0.0169. The Balaban J connectivity index is 1.03. The van der Waals surface area contributed by atoms with Gasteiger partial charge in [-0.1, -0.05) is 23.5 Å². The average molecular weight is 575 g/mol. The second kappa shape index (κ2) is 10.2. The molecule has 210 valence electrons. The molecule has 7 rings (SSSR count). The number of carboxylic acid groups (broad SMARTS) is 1. The monoisotopic (exact) mass is 574 g/mol. The van der Waals surface area contributed by atoms with Crippen molar-refractivity contribution < 1.29 is 23.8 Å². The Morgan fingerprint density at radius 1 is 1.29 bits per heavy atom. The summed E-state index contributed by atoms with van der Waals surface area (Å²) >= 11 is 1.11. The van der Waals surface area contributed by atoms with Crippen molar-refractivity contribution in [2.75, 3.05) is 19.7 Å². The van der Waals surface area contributed by atoms with E-state index < -0.39 is 11.8 Å². The largest absolute Gasteiger partial charge is 0.476 e. The molecule has 12 heteroatoms. The van der Waals surface area contributed by atoms with E-state index in [4.69, 9.17) is 24.7 Å². The van der Waals surface area contributed by atoms with Crippen LogP contribution in [0.4, 0.5) is 4.39 Å². The van der Waals surface area contributed by atoms with Gasteiger partial charge >= 0.3 is 5.97 Å². The van der Waals surface area contributed by atoms with Gasteiger partial charge in [-0.3, -0.25) is 4.90 Å². The molecule has 1 aromatic carbocycles. The summed E-state index contributed by atoms with van der Waals surface area (Å²) in [6.45, 7) is 3.87. The second-order valence-electron chi connectivity index (χ2n) is 11.0. The van der Waals surface area contributed by atoms with E-state index in [0.29, 0.717) is 40.9 Å². The van der Waals surface area contributed by atoms with E-state index in [-0.39, 0.29) is 28.7 Å². The number of likely N-dealkylation sites (tertiary alicyclic amines) is 1. The predicted molar refractivity (Wildman–Crippen MR) is 146 cm³/mol. The lowest BCUT2D eigenvalue weighted by Crippen LogP contribution is -2.37. The zero-order valence-electron chi connectivity index (χ0n) is 22.1. The number of hydrogen-bond acceptors (Lipinski definition) is 9. The average Bonchev–Trinajstić information content (AvgIpc) is 3.40. The lowest BCUT2D eigenvalue weighted by molar-refractivity contribution is -0.0593. The Kier molecular flexibility index (Phi) is 6.45. The first-order chi connectivity index (χ1) is 19.9. The van der Waals surface area contributed by atoms with Gasteiger partial charge in [0, 0.05) is 30.2 Å². The van der Waals surface area contributed by atoms with Crippen LogP contribution in [0.5, 0.6) is 5.88 Å². The number of imidazole rings is 1. The zero-order valence-corrected chi connectivity index (χ0v) is 22.9. The molecule has 2 saturated heterocycles. The smallest absolute Gasteiger partial charge is 0.365 e. The number of carboxylic acids is 1. The SMILES string of the molecule is N#Cc1ccc(COc2cccc([C@]34CCN(Cc5nc6sc(C(=O)O)nc6n5C[C@@H]5CCO5)C[C@H]3C4)n2)c(F)c1. The van der Waals surface area contributed by atoms with Crippen molar-refractivity contribution in [3.05, 3.63) is 69.9 Å². The molecule has 0 spiro atoms. The van der Waals surface area contributed by atoms with Crippen LogP contribution < -0.4 is 4.74 Å². The van der Waals surface area contributed by atoms with Crippen molar-refractivity contribution in [3.8, 4) is 11.9 Å². The summed E-state index contributed by atoms with van der Waals surface area (Å²) in [5, 5.41) is 18.4. The fraction of sp³-hybridized carbons (Fsp3) is 0.414. The molecular weight excluding hydrogens is 547 g/mol. The number of piperidine rings is 1. The third-order valence-electron chi connectivity index (χ3n) is 8.49. The van der Waals surface area contributed by atoms with Gasteiger partial charge in [0.2, 0.25) is 10.9 Å². The number of aromatic carboxylic acids is 1. The summed E-state index contributed by atoms with van der Waals surface area (Å²) in [6.07, 6.45) is 3.09. The highest BCUT2D eigenvalue weighted by Crippen LogP contribution is 2.59. The number of nitrogens with zero attached hydrogens (tertiary/aromatic N) is 6. The molecule has 0 unspecified atom stereocenters. The molecule has 0 amide bonds. The zero-order chi connectivity index (χ0) is 28.1. The first-order valence-electron chi connectivity index (χ1n) is 13.6. The van der Waals surface area contributed by atoms with Crippen molar-refractivity contribution in [1.29, 1.82) is 5.26 Å². The van der Waals surface area contributed by atoms with Crippen molar-refractivity contribution in [2.45, 2.75) is 50.5 Å². The highest BCUT2D eigenvalue weighted by molar-refractivity contribution is 7.19. The van der Waals surface area contributed by atoms with E-state index in [1.54, 1.807) is 18.2 Å². The fourth-order valence-corrected chi connectivity index (χ4v) is 6.82. The highest BCUT2D eigenvalue weighted by atomic mass is 32.1. The second-order valence-corrected chi connectivity index (χ2v) is 12.0. The van der Waals surface area contributed by atoms with Gasteiger partial charge in [0.05, 0.1) is 36.5 Å². The normalized spacial score (nSPS) is 23.5. The van der Waals surface area contributed by atoms with Crippen LogP contribution in [0.3, 0.4) is 0 Å². The first-order valence-corrected chi connectivity index (χ1v) is 14.5. The molecule has 3 fully saturated rings. The molecule has 2 aliphatic heterocycles. The summed E-state index contributed by atoms with van der Waals surface area (Å²) in [5.41, 5.74) is 2.30. The Labute approximate surface area is 239 Å². The predicted octanol–water partition coefficient (Wildman–Crippen LogP) is 4.13. The molecule has 1 aliphatic carbocycles. The number of carbonyl (C=O) groups is 1. The number of rotatable bonds is 9. The number of nitriles is 1. The third-order valence-corrected chi connectivity index (χ3v) is 9.42. The number of hydrogen-bond donors (Lipinski definition) is 1. The number of ether oxygens (including phenoxy) is 2. The van der Waals surface area contributed by atoms with Crippen molar-refractivity contribution >= 4 is 27.8 Å². The van der Waals surface area contributed by atoms with Gasteiger partial charge < -0.3 is 19.1 Å². The minimum Gasteiger partial charge on any atom is -0.476 e. The van der Waals surface area contributed by atoms with Gasteiger partial charge in [-0.05, 0) is 49.9 Å². The van der Waals surface area contributed by atoms with Crippen LogP contribution in [0.25, 0.3) is 10.5 Å². The van der Waals surface area contributed by atoms with Crippen LogP contribution in [0, 0.1) is 23.1 Å². The van der Waals surface area contributed by atoms with Crippen LogP contribution in [-0.4, -0.2) is 61.3 Å². The maximum atomic E-state index is 14.3. The number of halogens is 1. The summed E-state index contributed by atoms with van der Waals surface area (Å²) < 4.78 is 27.8. The topological polar surface area (TPSA) is 126 Å². The van der Waals surface area contributed by atoms with E-state index in [1.165, 1.54) is 6.07 Å². The highest BCUT2D eigenvalue weighted by Gasteiger charge is 2.58. The Bertz CT molecular complexity index is 1690. The van der Waals surface area contributed by atoms with Crippen LogP contribution in [0.2, 0.25) is 0 Å². The molecule has 0 radical (unpaired) electrons. The molecule has 1 saturated carbocycles.